The van der Waals surface area contributed by atoms with Crippen molar-refractivity contribution in [3.63, 3.8) is 0 Å². The molecule has 0 radical (unpaired) electrons. The van der Waals surface area contributed by atoms with E-state index < -0.39 is 0 Å². The van der Waals surface area contributed by atoms with Crippen molar-refractivity contribution in [3.8, 4) is 11.5 Å². The maximum Gasteiger partial charge on any atom is 0.247 e. The van der Waals surface area contributed by atoms with E-state index in [1.807, 2.05) is 72.2 Å². The van der Waals surface area contributed by atoms with E-state index in [4.69, 9.17) is 4.42 Å². The summed E-state index contributed by atoms with van der Waals surface area (Å²) in [5.74, 6) is 1.94. The maximum atomic E-state index is 12.3. The van der Waals surface area contributed by atoms with Crippen LogP contribution in [0.5, 0.6) is 0 Å². The fourth-order valence-electron chi connectivity index (χ4n) is 2.88. The zero-order valence-corrected chi connectivity index (χ0v) is 17.2. The van der Waals surface area contributed by atoms with Gasteiger partial charge in [-0.25, -0.2) is 0 Å². The molecule has 152 valence electrons. The molecule has 0 aliphatic rings. The number of rotatable bonds is 8. The lowest BCUT2D eigenvalue weighted by molar-refractivity contribution is -0.115. The molecule has 30 heavy (non-hydrogen) atoms. The Kier molecular flexibility index (Phi) is 6.19. The topological polar surface area (TPSA) is 98.7 Å². The van der Waals surface area contributed by atoms with Gasteiger partial charge in [-0.15, -0.1) is 20.4 Å². The van der Waals surface area contributed by atoms with Gasteiger partial charge in [-0.3, -0.25) is 4.79 Å². The molecular weight excluding hydrogens is 400 g/mol. The number of hydrogen-bond donors (Lipinski definition) is 1. The highest BCUT2D eigenvalue weighted by atomic mass is 32.2. The smallest absolute Gasteiger partial charge is 0.247 e. The minimum atomic E-state index is -0.135. The molecule has 0 fully saturated rings. The zero-order chi connectivity index (χ0) is 20.8. The molecule has 2 aromatic heterocycles. The second-order valence-corrected chi connectivity index (χ2v) is 7.33. The summed E-state index contributed by atoms with van der Waals surface area (Å²) in [6.45, 7) is 2.65. The first kappa shape index (κ1) is 19.8. The summed E-state index contributed by atoms with van der Waals surface area (Å²) >= 11 is 1.45. The molecule has 8 nitrogen and oxygen atoms in total. The van der Waals surface area contributed by atoms with Crippen molar-refractivity contribution < 1.29 is 9.21 Å². The fourth-order valence-corrected chi connectivity index (χ4v) is 3.74. The monoisotopic (exact) mass is 420 g/mol. The van der Waals surface area contributed by atoms with Gasteiger partial charge in [-0.1, -0.05) is 48.2 Å². The minimum absolute atomic E-state index is 0.135. The normalized spacial score (nSPS) is 10.8. The Labute approximate surface area is 177 Å². The molecule has 4 rings (SSSR count). The van der Waals surface area contributed by atoms with Crippen LogP contribution in [0.2, 0.25) is 0 Å². The Morgan fingerprint density at radius 3 is 2.47 bits per heavy atom. The Hall–Kier alpha value is -3.46. The standard InChI is InChI=1S/C21H20N6O2S/c1-2-27-17(13-18(28)22-16-11-7-4-8-12-16)23-26-21(27)30-14-19-24-25-20(29-19)15-9-5-3-6-10-15/h3-12H,2,13-14H2,1H3,(H,22,28). The first-order valence-electron chi connectivity index (χ1n) is 9.50. The van der Waals surface area contributed by atoms with Crippen LogP contribution in [0, 0.1) is 0 Å². The molecule has 0 unspecified atom stereocenters. The number of hydrogen-bond acceptors (Lipinski definition) is 7. The van der Waals surface area contributed by atoms with Crippen LogP contribution in [0.1, 0.15) is 18.6 Å². The largest absolute Gasteiger partial charge is 0.420 e. The van der Waals surface area contributed by atoms with Gasteiger partial charge in [0.25, 0.3) is 0 Å². The van der Waals surface area contributed by atoms with Crippen LogP contribution >= 0.6 is 11.8 Å². The third-order valence-electron chi connectivity index (χ3n) is 4.30. The van der Waals surface area contributed by atoms with Crippen LogP contribution in [0.4, 0.5) is 5.69 Å². The Morgan fingerprint density at radius 1 is 1.00 bits per heavy atom. The quantitative estimate of drug-likeness (QED) is 0.433. The zero-order valence-electron chi connectivity index (χ0n) is 16.4. The van der Waals surface area contributed by atoms with Gasteiger partial charge < -0.3 is 14.3 Å². The molecule has 0 aliphatic carbocycles. The lowest BCUT2D eigenvalue weighted by Gasteiger charge is -2.07. The van der Waals surface area contributed by atoms with Crippen LogP contribution in [0.25, 0.3) is 11.5 Å². The number of thioether (sulfide) groups is 1. The molecule has 0 aliphatic heterocycles. The van der Waals surface area contributed by atoms with Crippen LogP contribution in [-0.4, -0.2) is 30.9 Å². The molecule has 9 heteroatoms. The molecule has 0 saturated heterocycles. The lowest BCUT2D eigenvalue weighted by atomic mass is 10.2. The van der Waals surface area contributed by atoms with Crippen molar-refractivity contribution in [1.82, 2.24) is 25.0 Å². The summed E-state index contributed by atoms with van der Waals surface area (Å²) in [5, 5.41) is 20.2. The second kappa shape index (κ2) is 9.36. The van der Waals surface area contributed by atoms with E-state index in [1.54, 1.807) is 0 Å². The van der Waals surface area contributed by atoms with E-state index in [0.717, 1.165) is 11.3 Å². The average Bonchev–Trinajstić information content (AvgIpc) is 3.40. The summed E-state index contributed by atoms with van der Waals surface area (Å²) in [5.41, 5.74) is 1.63. The first-order valence-corrected chi connectivity index (χ1v) is 10.5. The number of anilines is 1. The highest BCUT2D eigenvalue weighted by molar-refractivity contribution is 7.98. The van der Waals surface area contributed by atoms with Crippen molar-refractivity contribution in [3.05, 3.63) is 72.4 Å². The summed E-state index contributed by atoms with van der Waals surface area (Å²) in [6, 6.07) is 19.0. The fraction of sp³-hybridized carbons (Fsp3) is 0.190. The van der Waals surface area contributed by atoms with Crippen LogP contribution in [0.15, 0.2) is 70.2 Å². The van der Waals surface area contributed by atoms with Gasteiger partial charge in [0.05, 0.1) is 12.2 Å². The SMILES string of the molecule is CCn1c(CC(=O)Nc2ccccc2)nnc1SCc1nnc(-c2ccccc2)o1. The van der Waals surface area contributed by atoms with E-state index >= 15 is 0 Å². The van der Waals surface area contributed by atoms with E-state index in [-0.39, 0.29) is 12.3 Å². The van der Waals surface area contributed by atoms with Gasteiger partial charge in [0.2, 0.25) is 17.7 Å². The maximum absolute atomic E-state index is 12.3. The molecule has 0 saturated carbocycles. The molecule has 2 aromatic carbocycles. The van der Waals surface area contributed by atoms with E-state index in [2.05, 4.69) is 25.7 Å². The Morgan fingerprint density at radius 2 is 1.73 bits per heavy atom. The molecule has 0 bridgehead atoms. The second-order valence-electron chi connectivity index (χ2n) is 6.39. The van der Waals surface area contributed by atoms with Gasteiger partial charge in [0.15, 0.2) is 5.16 Å². The number of para-hydroxylation sites is 1. The summed E-state index contributed by atoms with van der Waals surface area (Å²) in [7, 11) is 0. The Balaban J connectivity index is 1.39. The van der Waals surface area contributed by atoms with E-state index in [0.29, 0.717) is 35.1 Å². The number of benzene rings is 2. The number of nitrogens with zero attached hydrogens (tertiary/aromatic N) is 5. The van der Waals surface area contributed by atoms with Gasteiger partial charge in [-0.05, 0) is 31.2 Å². The Bertz CT molecular complexity index is 1110. The lowest BCUT2D eigenvalue weighted by Crippen LogP contribution is -2.17. The number of amides is 1. The van der Waals surface area contributed by atoms with Crippen molar-refractivity contribution >= 4 is 23.4 Å². The molecule has 0 atom stereocenters. The molecule has 2 heterocycles. The van der Waals surface area contributed by atoms with Crippen molar-refractivity contribution in [1.29, 1.82) is 0 Å². The van der Waals surface area contributed by atoms with Gasteiger partial charge in [-0.2, -0.15) is 0 Å². The average molecular weight is 420 g/mol. The molecule has 4 aromatic rings. The van der Waals surface area contributed by atoms with Crippen molar-refractivity contribution in [2.45, 2.75) is 30.8 Å². The van der Waals surface area contributed by atoms with Crippen molar-refractivity contribution in [2.75, 3.05) is 5.32 Å². The predicted molar refractivity (Wildman–Crippen MR) is 114 cm³/mol. The highest BCUT2D eigenvalue weighted by Gasteiger charge is 2.16. The summed E-state index contributed by atoms with van der Waals surface area (Å²) in [4.78, 5) is 12.3. The van der Waals surface area contributed by atoms with Gasteiger partial charge >= 0.3 is 0 Å². The third kappa shape index (κ3) is 4.74. The van der Waals surface area contributed by atoms with Crippen LogP contribution < -0.4 is 5.32 Å². The van der Waals surface area contributed by atoms with E-state index in [1.165, 1.54) is 11.8 Å². The molecular formula is C21H20N6O2S. The number of carbonyl (C=O) groups is 1. The van der Waals surface area contributed by atoms with Crippen LogP contribution in [-0.2, 0) is 23.5 Å². The molecule has 1 N–H and O–H groups in total. The van der Waals surface area contributed by atoms with Gasteiger partial charge in [0, 0.05) is 17.8 Å². The predicted octanol–water partition coefficient (Wildman–Crippen LogP) is 3.82. The number of carbonyl (C=O) groups excluding carboxylic acids is 1. The third-order valence-corrected chi connectivity index (χ3v) is 5.25. The minimum Gasteiger partial charge on any atom is -0.420 e. The highest BCUT2D eigenvalue weighted by Crippen LogP contribution is 2.24. The first-order chi connectivity index (χ1) is 14.7. The van der Waals surface area contributed by atoms with E-state index in [9.17, 15) is 4.79 Å². The summed E-state index contributed by atoms with van der Waals surface area (Å²) in [6.07, 6.45) is 0.148. The molecule has 1 amide bonds. The summed E-state index contributed by atoms with van der Waals surface area (Å²) < 4.78 is 7.66. The van der Waals surface area contributed by atoms with Crippen molar-refractivity contribution in [2.24, 2.45) is 0 Å². The number of aromatic nitrogens is 5. The number of nitrogens with one attached hydrogen (secondary N) is 1. The van der Waals surface area contributed by atoms with Gasteiger partial charge in [0.1, 0.15) is 5.82 Å². The molecule has 0 spiro atoms. The van der Waals surface area contributed by atoms with Crippen LogP contribution in [0.3, 0.4) is 0 Å².